The smallest absolute Gasteiger partial charge is 0.342 e. The van der Waals surface area contributed by atoms with E-state index in [2.05, 4.69) is 25.4 Å². The van der Waals surface area contributed by atoms with Gasteiger partial charge in [-0.1, -0.05) is 6.07 Å². The van der Waals surface area contributed by atoms with Crippen LogP contribution in [0.1, 0.15) is 47.6 Å². The summed E-state index contributed by atoms with van der Waals surface area (Å²) in [6.45, 7) is 6.08. The van der Waals surface area contributed by atoms with Crippen LogP contribution in [-0.4, -0.2) is 54.4 Å². The molecule has 1 fully saturated rings. The molecule has 12 heteroatoms. The van der Waals surface area contributed by atoms with Gasteiger partial charge in [-0.05, 0) is 57.2 Å². The van der Waals surface area contributed by atoms with Crippen molar-refractivity contribution in [3.05, 3.63) is 46.7 Å². The number of carbonyl (C=O) groups excluding carboxylic acids is 2. The van der Waals surface area contributed by atoms with Crippen molar-refractivity contribution in [1.29, 1.82) is 0 Å². The Hall–Kier alpha value is -3.57. The van der Waals surface area contributed by atoms with E-state index in [0.717, 1.165) is 10.1 Å². The van der Waals surface area contributed by atoms with E-state index in [0.29, 0.717) is 55.1 Å². The summed E-state index contributed by atoms with van der Waals surface area (Å²) >= 11 is 0. The first kappa shape index (κ1) is 24.6. The first-order valence-corrected chi connectivity index (χ1v) is 11.3. The molecule has 1 aliphatic heterocycles. The molecule has 2 amide bonds. The highest BCUT2D eigenvalue weighted by molar-refractivity contribution is 5.92. The van der Waals surface area contributed by atoms with Gasteiger partial charge < -0.3 is 10.2 Å². The lowest BCUT2D eigenvalue weighted by molar-refractivity contribution is -0.144. The van der Waals surface area contributed by atoms with E-state index in [9.17, 15) is 22.8 Å². The van der Waals surface area contributed by atoms with Gasteiger partial charge in [0.1, 0.15) is 5.82 Å². The van der Waals surface area contributed by atoms with Crippen molar-refractivity contribution in [2.75, 3.05) is 18.4 Å². The topological polar surface area (TPSA) is 105 Å². The molecule has 1 atom stereocenters. The number of pyridine rings is 1. The van der Waals surface area contributed by atoms with Gasteiger partial charge in [-0.2, -0.15) is 18.2 Å². The van der Waals surface area contributed by atoms with E-state index < -0.39 is 12.0 Å². The number of halogens is 3. The first-order chi connectivity index (χ1) is 16.5. The van der Waals surface area contributed by atoms with Crippen molar-refractivity contribution in [1.82, 2.24) is 29.5 Å². The van der Waals surface area contributed by atoms with Gasteiger partial charge in [-0.15, -0.1) is 5.10 Å². The SMILES string of the molecule is Cc1ccc(NC(=O)C2CCCN(C(=O)CCc3c(C)nc4nc(C(F)(F)F)nn4c3C)C2)nc1. The number of alkyl halides is 3. The largest absolute Gasteiger partial charge is 0.453 e. The van der Waals surface area contributed by atoms with Crippen LogP contribution < -0.4 is 5.32 Å². The number of fused-ring (bicyclic) bond motifs is 1. The molecule has 4 heterocycles. The van der Waals surface area contributed by atoms with E-state index in [-0.39, 0.29) is 29.9 Å². The number of nitrogens with one attached hydrogen (secondary N) is 1. The standard InChI is InChI=1S/C23H26F3N7O2/c1-13-6-8-18(27-11-13)29-20(35)16-5-4-10-32(12-16)19(34)9-7-17-14(2)28-22-30-21(23(24,25)26)31-33(22)15(17)3/h6,8,11,16H,4-5,7,9-10,12H2,1-3H3,(H,27,29,35). The summed E-state index contributed by atoms with van der Waals surface area (Å²) < 4.78 is 40.1. The zero-order valence-corrected chi connectivity index (χ0v) is 19.7. The second kappa shape index (κ2) is 9.59. The predicted molar refractivity (Wildman–Crippen MR) is 120 cm³/mol. The minimum atomic E-state index is -4.67. The van der Waals surface area contributed by atoms with Gasteiger partial charge in [0.2, 0.25) is 11.8 Å². The molecular weight excluding hydrogens is 463 g/mol. The van der Waals surface area contributed by atoms with E-state index >= 15 is 0 Å². The maximum atomic E-state index is 13.0. The molecule has 1 aliphatic rings. The lowest BCUT2D eigenvalue weighted by Gasteiger charge is -2.32. The zero-order valence-electron chi connectivity index (χ0n) is 19.7. The fourth-order valence-corrected chi connectivity index (χ4v) is 4.27. The van der Waals surface area contributed by atoms with Crippen LogP contribution in [0.25, 0.3) is 5.78 Å². The van der Waals surface area contributed by atoms with Crippen molar-refractivity contribution in [2.24, 2.45) is 5.92 Å². The van der Waals surface area contributed by atoms with Gasteiger partial charge in [-0.3, -0.25) is 9.59 Å². The molecule has 1 saturated heterocycles. The third-order valence-electron chi connectivity index (χ3n) is 6.20. The first-order valence-electron chi connectivity index (χ1n) is 11.3. The van der Waals surface area contributed by atoms with Crippen LogP contribution in [0.3, 0.4) is 0 Å². The monoisotopic (exact) mass is 489 g/mol. The van der Waals surface area contributed by atoms with E-state index in [4.69, 9.17) is 0 Å². The molecule has 0 aromatic carbocycles. The van der Waals surface area contributed by atoms with E-state index in [1.165, 1.54) is 0 Å². The number of carbonyl (C=O) groups is 2. The van der Waals surface area contributed by atoms with Crippen molar-refractivity contribution >= 4 is 23.4 Å². The number of anilines is 1. The lowest BCUT2D eigenvalue weighted by atomic mass is 9.96. The van der Waals surface area contributed by atoms with Crippen LogP contribution >= 0.6 is 0 Å². The minimum Gasteiger partial charge on any atom is -0.342 e. The lowest BCUT2D eigenvalue weighted by Crippen LogP contribution is -2.44. The number of piperidine rings is 1. The average Bonchev–Trinajstić information content (AvgIpc) is 3.25. The maximum Gasteiger partial charge on any atom is 0.453 e. The molecule has 3 aromatic rings. The van der Waals surface area contributed by atoms with Gasteiger partial charge in [0.15, 0.2) is 0 Å². The maximum absolute atomic E-state index is 13.0. The average molecular weight is 490 g/mol. The highest BCUT2D eigenvalue weighted by Crippen LogP contribution is 2.27. The molecule has 186 valence electrons. The van der Waals surface area contributed by atoms with Crippen LogP contribution in [0.15, 0.2) is 18.3 Å². The number of rotatable bonds is 5. The number of aryl methyl sites for hydroxylation is 3. The van der Waals surface area contributed by atoms with Crippen molar-refractivity contribution in [2.45, 2.75) is 52.6 Å². The van der Waals surface area contributed by atoms with Crippen LogP contribution in [0, 0.1) is 26.7 Å². The molecule has 0 bridgehead atoms. The van der Waals surface area contributed by atoms with E-state index in [1.807, 2.05) is 13.0 Å². The zero-order chi connectivity index (χ0) is 25.3. The molecule has 1 unspecified atom stereocenters. The Bertz CT molecular complexity index is 1250. The summed E-state index contributed by atoms with van der Waals surface area (Å²) in [4.78, 5) is 39.1. The second-order valence-electron chi connectivity index (χ2n) is 8.80. The Labute approximate surface area is 199 Å². The van der Waals surface area contributed by atoms with Crippen LogP contribution in [0.2, 0.25) is 0 Å². The Kier molecular flexibility index (Phi) is 6.73. The van der Waals surface area contributed by atoms with Gasteiger partial charge in [0.25, 0.3) is 11.6 Å². The number of likely N-dealkylation sites (tertiary alicyclic amines) is 1. The summed E-state index contributed by atoms with van der Waals surface area (Å²) in [5, 5.41) is 6.35. The molecule has 1 N–H and O–H groups in total. The summed E-state index contributed by atoms with van der Waals surface area (Å²) in [6.07, 6.45) is -1.18. The van der Waals surface area contributed by atoms with Gasteiger partial charge in [-0.25, -0.2) is 14.5 Å². The summed E-state index contributed by atoms with van der Waals surface area (Å²) in [6, 6.07) is 3.60. The fourth-order valence-electron chi connectivity index (χ4n) is 4.27. The Morgan fingerprint density at radius 1 is 1.17 bits per heavy atom. The van der Waals surface area contributed by atoms with Crippen molar-refractivity contribution in [3.8, 4) is 0 Å². The summed E-state index contributed by atoms with van der Waals surface area (Å²) in [5.41, 5.74) is 2.61. The quantitative estimate of drug-likeness (QED) is 0.590. The number of hydrogen-bond acceptors (Lipinski definition) is 6. The number of amides is 2. The van der Waals surface area contributed by atoms with E-state index in [1.54, 1.807) is 31.0 Å². The highest BCUT2D eigenvalue weighted by atomic mass is 19.4. The fraction of sp³-hybridized carbons (Fsp3) is 0.478. The minimum absolute atomic E-state index is 0.121. The van der Waals surface area contributed by atoms with Crippen LogP contribution in [0.5, 0.6) is 0 Å². The normalized spacial score (nSPS) is 16.5. The molecule has 9 nitrogen and oxygen atoms in total. The molecule has 4 rings (SSSR count). The molecule has 0 spiro atoms. The highest BCUT2D eigenvalue weighted by Gasteiger charge is 2.37. The van der Waals surface area contributed by atoms with Crippen LogP contribution in [0.4, 0.5) is 19.0 Å². The Morgan fingerprint density at radius 3 is 2.63 bits per heavy atom. The van der Waals surface area contributed by atoms with Crippen molar-refractivity contribution < 1.29 is 22.8 Å². The molecule has 0 radical (unpaired) electrons. The number of nitrogens with zero attached hydrogens (tertiary/aromatic N) is 6. The third-order valence-corrected chi connectivity index (χ3v) is 6.20. The summed E-state index contributed by atoms with van der Waals surface area (Å²) in [5.74, 6) is -1.54. The number of hydrogen-bond donors (Lipinski definition) is 1. The molecule has 0 saturated carbocycles. The Balaban J connectivity index is 1.40. The molecular formula is C23H26F3N7O2. The predicted octanol–water partition coefficient (Wildman–Crippen LogP) is 3.27. The Morgan fingerprint density at radius 2 is 1.94 bits per heavy atom. The molecule has 35 heavy (non-hydrogen) atoms. The second-order valence-corrected chi connectivity index (χ2v) is 8.80. The van der Waals surface area contributed by atoms with Crippen LogP contribution in [-0.2, 0) is 22.2 Å². The number of aromatic nitrogens is 5. The van der Waals surface area contributed by atoms with Gasteiger partial charge in [0.05, 0.1) is 5.92 Å². The molecule has 0 aliphatic carbocycles. The van der Waals surface area contributed by atoms with Gasteiger partial charge in [0, 0.05) is 37.1 Å². The summed E-state index contributed by atoms with van der Waals surface area (Å²) in [7, 11) is 0. The van der Waals surface area contributed by atoms with Crippen molar-refractivity contribution in [3.63, 3.8) is 0 Å². The molecule has 3 aromatic heterocycles. The third kappa shape index (κ3) is 5.41. The van der Waals surface area contributed by atoms with Gasteiger partial charge >= 0.3 is 6.18 Å².